The molecule has 0 spiro atoms. The Balaban J connectivity index is 1.40. The van der Waals surface area contributed by atoms with E-state index in [-0.39, 0.29) is 24.2 Å². The summed E-state index contributed by atoms with van der Waals surface area (Å²) in [7, 11) is 0. The maximum atomic E-state index is 12.8. The van der Waals surface area contributed by atoms with Gasteiger partial charge in [-0.25, -0.2) is 9.82 Å². The van der Waals surface area contributed by atoms with Crippen molar-refractivity contribution in [1.82, 2.24) is 10.9 Å². The van der Waals surface area contributed by atoms with Crippen molar-refractivity contribution in [3.8, 4) is 5.75 Å². The summed E-state index contributed by atoms with van der Waals surface area (Å²) in [6, 6.07) is 21.8. The summed E-state index contributed by atoms with van der Waals surface area (Å²) < 4.78 is 18.5. The molecule has 3 N–H and O–H groups in total. The van der Waals surface area contributed by atoms with Crippen molar-refractivity contribution >= 4 is 17.5 Å². The molecule has 0 aliphatic heterocycles. The van der Waals surface area contributed by atoms with Crippen molar-refractivity contribution in [2.24, 2.45) is 0 Å². The van der Waals surface area contributed by atoms with Crippen LogP contribution in [-0.2, 0) is 11.4 Å². The molecular formula is C22H20FN3O3. The normalized spacial score (nSPS) is 10.2. The highest BCUT2D eigenvalue weighted by atomic mass is 19.1. The van der Waals surface area contributed by atoms with Crippen molar-refractivity contribution in [3.05, 3.63) is 95.8 Å². The van der Waals surface area contributed by atoms with Crippen LogP contribution in [-0.4, -0.2) is 18.4 Å². The Morgan fingerprint density at radius 3 is 2.24 bits per heavy atom. The molecule has 0 bridgehead atoms. The van der Waals surface area contributed by atoms with Gasteiger partial charge in [0, 0.05) is 11.3 Å². The second-order valence-electron chi connectivity index (χ2n) is 6.16. The molecule has 0 fully saturated rings. The molecule has 0 unspecified atom stereocenters. The number of amides is 2. The van der Waals surface area contributed by atoms with Gasteiger partial charge < -0.3 is 10.1 Å². The standard InChI is InChI=1S/C22H20FN3O3/c23-18-10-12-19(13-11-18)25-21(27)14-24-26-22(28)17-8-6-16(7-9-17)15-29-20-4-2-1-3-5-20/h1-13,24H,14-15H2,(H,25,27)(H,26,28). The quantitative estimate of drug-likeness (QED) is 0.513. The fraction of sp³-hybridized carbons (Fsp3) is 0.0909. The van der Waals surface area contributed by atoms with Crippen molar-refractivity contribution in [2.45, 2.75) is 6.61 Å². The van der Waals surface area contributed by atoms with E-state index in [4.69, 9.17) is 4.74 Å². The first-order valence-corrected chi connectivity index (χ1v) is 8.95. The van der Waals surface area contributed by atoms with Crippen LogP contribution in [0.3, 0.4) is 0 Å². The van der Waals surface area contributed by atoms with Crippen LogP contribution in [0.1, 0.15) is 15.9 Å². The van der Waals surface area contributed by atoms with Crippen molar-refractivity contribution in [3.63, 3.8) is 0 Å². The number of rotatable bonds is 8. The first kappa shape index (κ1) is 20.0. The molecule has 6 nitrogen and oxygen atoms in total. The summed E-state index contributed by atoms with van der Waals surface area (Å²) in [4.78, 5) is 24.0. The summed E-state index contributed by atoms with van der Waals surface area (Å²) >= 11 is 0. The molecule has 0 heterocycles. The third-order valence-electron chi connectivity index (χ3n) is 3.94. The van der Waals surface area contributed by atoms with Gasteiger partial charge in [0.25, 0.3) is 5.91 Å². The van der Waals surface area contributed by atoms with Gasteiger partial charge in [0.1, 0.15) is 18.2 Å². The number of ether oxygens (including phenoxy) is 1. The van der Waals surface area contributed by atoms with Crippen LogP contribution in [0.25, 0.3) is 0 Å². The summed E-state index contributed by atoms with van der Waals surface area (Å²) in [5.41, 5.74) is 6.87. The van der Waals surface area contributed by atoms with Gasteiger partial charge in [-0.1, -0.05) is 30.3 Å². The lowest BCUT2D eigenvalue weighted by Crippen LogP contribution is -2.42. The summed E-state index contributed by atoms with van der Waals surface area (Å²) in [6.07, 6.45) is 0. The molecule has 29 heavy (non-hydrogen) atoms. The molecule has 0 atom stereocenters. The second-order valence-corrected chi connectivity index (χ2v) is 6.16. The summed E-state index contributed by atoms with van der Waals surface area (Å²) in [5, 5.41) is 2.58. The Kier molecular flexibility index (Phi) is 6.91. The highest BCUT2D eigenvalue weighted by Gasteiger charge is 2.07. The number of benzene rings is 3. The maximum absolute atomic E-state index is 12.8. The molecule has 0 saturated heterocycles. The average Bonchev–Trinajstić information content (AvgIpc) is 2.75. The SMILES string of the molecule is O=C(CNNC(=O)c1ccc(COc2ccccc2)cc1)Nc1ccc(F)cc1. The van der Waals surface area contributed by atoms with E-state index in [2.05, 4.69) is 16.2 Å². The highest BCUT2D eigenvalue weighted by molar-refractivity contribution is 5.95. The van der Waals surface area contributed by atoms with Gasteiger partial charge in [0.2, 0.25) is 5.91 Å². The molecule has 0 saturated carbocycles. The van der Waals surface area contributed by atoms with E-state index in [9.17, 15) is 14.0 Å². The van der Waals surface area contributed by atoms with Crippen molar-refractivity contribution < 1.29 is 18.7 Å². The zero-order valence-electron chi connectivity index (χ0n) is 15.5. The van der Waals surface area contributed by atoms with E-state index in [1.54, 1.807) is 24.3 Å². The molecular weight excluding hydrogens is 373 g/mol. The summed E-state index contributed by atoms with van der Waals surface area (Å²) in [6.45, 7) is 0.264. The number of halogens is 1. The fourth-order valence-electron chi connectivity index (χ4n) is 2.45. The Morgan fingerprint density at radius 1 is 0.862 bits per heavy atom. The minimum Gasteiger partial charge on any atom is -0.489 e. The fourth-order valence-corrected chi connectivity index (χ4v) is 2.45. The predicted octanol–water partition coefficient (Wildman–Crippen LogP) is 3.28. The largest absolute Gasteiger partial charge is 0.489 e. The van der Waals surface area contributed by atoms with Crippen LogP contribution in [0.4, 0.5) is 10.1 Å². The third-order valence-corrected chi connectivity index (χ3v) is 3.94. The second kappa shape index (κ2) is 10.0. The highest BCUT2D eigenvalue weighted by Crippen LogP contribution is 2.12. The van der Waals surface area contributed by atoms with Crippen LogP contribution in [0, 0.1) is 5.82 Å². The minimum absolute atomic E-state index is 0.133. The molecule has 3 aromatic rings. The van der Waals surface area contributed by atoms with E-state index in [0.717, 1.165) is 11.3 Å². The van der Waals surface area contributed by atoms with E-state index in [1.807, 2.05) is 30.3 Å². The van der Waals surface area contributed by atoms with E-state index >= 15 is 0 Å². The molecule has 7 heteroatoms. The summed E-state index contributed by atoms with van der Waals surface area (Å²) in [5.74, 6) is -0.344. The zero-order chi connectivity index (χ0) is 20.5. The molecule has 3 aromatic carbocycles. The van der Waals surface area contributed by atoms with Gasteiger partial charge in [-0.15, -0.1) is 0 Å². The van der Waals surface area contributed by atoms with Crippen molar-refractivity contribution in [1.29, 1.82) is 0 Å². The number of carbonyl (C=O) groups excluding carboxylic acids is 2. The maximum Gasteiger partial charge on any atom is 0.265 e. The Hall–Kier alpha value is -3.71. The van der Waals surface area contributed by atoms with Gasteiger partial charge >= 0.3 is 0 Å². The number of anilines is 1. The third kappa shape index (κ3) is 6.44. The van der Waals surface area contributed by atoms with Gasteiger partial charge in [0.05, 0.1) is 6.54 Å². The van der Waals surface area contributed by atoms with Crippen LogP contribution >= 0.6 is 0 Å². The number of para-hydroxylation sites is 1. The van der Waals surface area contributed by atoms with E-state index < -0.39 is 0 Å². The topological polar surface area (TPSA) is 79.5 Å². The van der Waals surface area contributed by atoms with Crippen molar-refractivity contribution in [2.75, 3.05) is 11.9 Å². The first-order chi connectivity index (χ1) is 14.1. The Labute approximate surface area is 167 Å². The van der Waals surface area contributed by atoms with Gasteiger partial charge in [-0.3, -0.25) is 15.0 Å². The number of hydrogen-bond donors (Lipinski definition) is 3. The molecule has 2 amide bonds. The Bertz CT molecular complexity index is 945. The number of hydrogen-bond acceptors (Lipinski definition) is 4. The Morgan fingerprint density at radius 2 is 1.55 bits per heavy atom. The number of carbonyl (C=O) groups is 2. The van der Waals surface area contributed by atoms with Crippen LogP contribution in [0.5, 0.6) is 5.75 Å². The first-order valence-electron chi connectivity index (χ1n) is 8.95. The van der Waals surface area contributed by atoms with Gasteiger partial charge in [-0.05, 0) is 54.1 Å². The predicted molar refractivity (Wildman–Crippen MR) is 108 cm³/mol. The monoisotopic (exact) mass is 393 g/mol. The van der Waals surface area contributed by atoms with E-state index in [0.29, 0.717) is 17.9 Å². The average molecular weight is 393 g/mol. The van der Waals surface area contributed by atoms with Crippen LogP contribution in [0.2, 0.25) is 0 Å². The minimum atomic E-state index is -0.383. The van der Waals surface area contributed by atoms with Gasteiger partial charge in [0.15, 0.2) is 0 Å². The molecule has 148 valence electrons. The molecule has 3 rings (SSSR count). The molecule has 0 aromatic heterocycles. The van der Waals surface area contributed by atoms with E-state index in [1.165, 1.54) is 24.3 Å². The molecule has 0 aliphatic carbocycles. The molecule has 0 aliphatic rings. The lowest BCUT2D eigenvalue weighted by Gasteiger charge is -2.09. The van der Waals surface area contributed by atoms with Crippen LogP contribution < -0.4 is 20.9 Å². The zero-order valence-corrected chi connectivity index (χ0v) is 15.5. The van der Waals surface area contributed by atoms with Gasteiger partial charge in [-0.2, -0.15) is 0 Å². The number of hydrazine groups is 1. The lowest BCUT2D eigenvalue weighted by atomic mass is 10.1. The number of nitrogens with one attached hydrogen (secondary N) is 3. The molecule has 0 radical (unpaired) electrons. The van der Waals surface area contributed by atoms with Crippen LogP contribution in [0.15, 0.2) is 78.9 Å². The lowest BCUT2D eigenvalue weighted by molar-refractivity contribution is -0.115. The smallest absolute Gasteiger partial charge is 0.265 e.